The quantitative estimate of drug-likeness (QED) is 0.551. The molecule has 0 saturated heterocycles. The van der Waals surface area contributed by atoms with E-state index in [-0.39, 0.29) is 30.8 Å². The Kier molecular flexibility index (Phi) is 9.81. The topological polar surface area (TPSA) is 108 Å². The zero-order valence-electron chi connectivity index (χ0n) is 19.7. The number of nitrogens with one attached hydrogen (secondary N) is 2. The molecule has 1 aromatic carbocycles. The lowest BCUT2D eigenvalue weighted by Crippen LogP contribution is -2.49. The first-order chi connectivity index (χ1) is 14.4. The second-order valence-corrected chi connectivity index (χ2v) is 8.68. The van der Waals surface area contributed by atoms with Crippen LogP contribution in [-0.2, 0) is 14.3 Å². The largest absolute Gasteiger partial charge is 0.508 e. The Morgan fingerprint density at radius 2 is 1.84 bits per heavy atom. The van der Waals surface area contributed by atoms with E-state index in [4.69, 9.17) is 4.74 Å². The molecule has 1 aromatic rings. The van der Waals surface area contributed by atoms with Crippen molar-refractivity contribution in [1.82, 2.24) is 15.5 Å². The first-order valence-corrected chi connectivity index (χ1v) is 10.8. The lowest BCUT2D eigenvalue weighted by Gasteiger charge is -2.32. The van der Waals surface area contributed by atoms with Crippen LogP contribution in [0.4, 0.5) is 4.79 Å². The van der Waals surface area contributed by atoms with Crippen LogP contribution in [0.5, 0.6) is 5.75 Å². The second kappa shape index (κ2) is 11.6. The highest BCUT2D eigenvalue weighted by molar-refractivity contribution is 5.90. The third-order valence-electron chi connectivity index (χ3n) is 4.65. The van der Waals surface area contributed by atoms with E-state index in [9.17, 15) is 19.5 Å². The zero-order valence-corrected chi connectivity index (χ0v) is 19.7. The number of benzene rings is 1. The number of aromatic hydroxyl groups is 1. The summed E-state index contributed by atoms with van der Waals surface area (Å²) in [6.45, 7) is 12.6. The van der Waals surface area contributed by atoms with E-state index < -0.39 is 23.6 Å². The van der Waals surface area contributed by atoms with Crippen LogP contribution in [0, 0.1) is 6.92 Å². The van der Waals surface area contributed by atoms with E-state index in [0.29, 0.717) is 11.1 Å². The van der Waals surface area contributed by atoms with Gasteiger partial charge in [0.2, 0.25) is 11.8 Å². The summed E-state index contributed by atoms with van der Waals surface area (Å²) in [6, 6.07) is 3.90. The number of aryl methyl sites for hydroxylation is 1. The van der Waals surface area contributed by atoms with Gasteiger partial charge in [-0.3, -0.25) is 9.59 Å². The van der Waals surface area contributed by atoms with Gasteiger partial charge in [0.25, 0.3) is 0 Å². The number of amides is 3. The molecule has 2 unspecified atom stereocenters. The number of alkyl carbamates (subject to hydrolysis) is 1. The van der Waals surface area contributed by atoms with E-state index >= 15 is 0 Å². The third-order valence-corrected chi connectivity index (χ3v) is 4.65. The fourth-order valence-corrected chi connectivity index (χ4v) is 3.21. The number of carbonyl (C=O) groups excluding carboxylic acids is 3. The van der Waals surface area contributed by atoms with Crippen LogP contribution >= 0.6 is 0 Å². The monoisotopic (exact) mass is 435 g/mol. The van der Waals surface area contributed by atoms with Gasteiger partial charge in [0.15, 0.2) is 0 Å². The Morgan fingerprint density at radius 3 is 2.35 bits per heavy atom. The van der Waals surface area contributed by atoms with Crippen molar-refractivity contribution in [3.63, 3.8) is 0 Å². The molecule has 0 aliphatic carbocycles. The standard InChI is InChI=1S/C23H37N3O5/c1-8-10-16(4)25-21(29)20(17-11-12-18(27)15(3)13-17)26(9-2)19(28)14-24-22(30)31-23(5,6)7/h11-13,16,20,27H,8-10,14H2,1-7H3,(H,24,30)(H,25,29). The van der Waals surface area contributed by atoms with Crippen molar-refractivity contribution in [1.29, 1.82) is 0 Å². The first-order valence-electron chi connectivity index (χ1n) is 10.8. The summed E-state index contributed by atoms with van der Waals surface area (Å²) in [5, 5.41) is 15.3. The minimum absolute atomic E-state index is 0.0492. The van der Waals surface area contributed by atoms with E-state index in [1.54, 1.807) is 46.8 Å². The predicted molar refractivity (Wildman–Crippen MR) is 120 cm³/mol. The third kappa shape index (κ3) is 8.47. The molecule has 8 heteroatoms. The lowest BCUT2D eigenvalue weighted by atomic mass is 10.0. The molecule has 0 radical (unpaired) electrons. The van der Waals surface area contributed by atoms with Crippen LogP contribution < -0.4 is 10.6 Å². The molecule has 0 saturated carbocycles. The molecular weight excluding hydrogens is 398 g/mol. The molecular formula is C23H37N3O5. The summed E-state index contributed by atoms with van der Waals surface area (Å²) < 4.78 is 5.17. The maximum absolute atomic E-state index is 13.2. The molecule has 31 heavy (non-hydrogen) atoms. The Morgan fingerprint density at radius 1 is 1.19 bits per heavy atom. The number of rotatable bonds is 9. The number of phenols is 1. The van der Waals surface area contributed by atoms with Gasteiger partial charge in [-0.15, -0.1) is 0 Å². The van der Waals surface area contributed by atoms with Crippen LogP contribution in [0.1, 0.15) is 71.6 Å². The van der Waals surface area contributed by atoms with Crippen LogP contribution in [0.15, 0.2) is 18.2 Å². The zero-order chi connectivity index (χ0) is 23.8. The van der Waals surface area contributed by atoms with Crippen molar-refractivity contribution >= 4 is 17.9 Å². The molecule has 2 atom stereocenters. The fraction of sp³-hybridized carbons (Fsp3) is 0.609. The number of likely N-dealkylation sites (N-methyl/N-ethyl adjacent to an activating group) is 1. The van der Waals surface area contributed by atoms with Gasteiger partial charge in [0, 0.05) is 12.6 Å². The van der Waals surface area contributed by atoms with Crippen LogP contribution in [0.3, 0.4) is 0 Å². The number of ether oxygens (including phenoxy) is 1. The molecule has 3 N–H and O–H groups in total. The molecule has 0 heterocycles. The number of phenolic OH excluding ortho intramolecular Hbond substituents is 1. The maximum Gasteiger partial charge on any atom is 0.408 e. The SMILES string of the molecule is CCCC(C)NC(=O)C(c1ccc(O)c(C)c1)N(CC)C(=O)CNC(=O)OC(C)(C)C. The van der Waals surface area contributed by atoms with Crippen molar-refractivity contribution in [3.8, 4) is 5.75 Å². The number of hydrogen-bond acceptors (Lipinski definition) is 5. The number of hydrogen-bond donors (Lipinski definition) is 3. The van der Waals surface area contributed by atoms with Crippen LogP contribution in [0.25, 0.3) is 0 Å². The molecule has 0 aliphatic rings. The average molecular weight is 436 g/mol. The summed E-state index contributed by atoms with van der Waals surface area (Å²) in [5.74, 6) is -0.607. The Bertz CT molecular complexity index is 773. The van der Waals surface area contributed by atoms with E-state index in [2.05, 4.69) is 10.6 Å². The van der Waals surface area contributed by atoms with Gasteiger partial charge >= 0.3 is 6.09 Å². The van der Waals surface area contributed by atoms with Gasteiger partial charge in [0.05, 0.1) is 0 Å². The molecule has 0 aromatic heterocycles. The predicted octanol–water partition coefficient (Wildman–Crippen LogP) is 3.42. The highest BCUT2D eigenvalue weighted by atomic mass is 16.6. The van der Waals surface area contributed by atoms with Crippen molar-refractivity contribution in [2.75, 3.05) is 13.1 Å². The Labute approximate surface area is 185 Å². The molecule has 3 amide bonds. The molecule has 0 spiro atoms. The Hall–Kier alpha value is -2.77. The second-order valence-electron chi connectivity index (χ2n) is 8.68. The van der Waals surface area contributed by atoms with Crippen molar-refractivity contribution < 1.29 is 24.2 Å². The van der Waals surface area contributed by atoms with Gasteiger partial charge in [-0.2, -0.15) is 0 Å². The van der Waals surface area contributed by atoms with Crippen molar-refractivity contribution in [2.45, 2.75) is 79.0 Å². The molecule has 0 fully saturated rings. The van der Waals surface area contributed by atoms with Gasteiger partial charge in [0.1, 0.15) is 23.9 Å². The molecule has 1 rings (SSSR count). The maximum atomic E-state index is 13.2. The average Bonchev–Trinajstić information content (AvgIpc) is 2.65. The lowest BCUT2D eigenvalue weighted by molar-refractivity contribution is -0.140. The number of nitrogens with zero attached hydrogens (tertiary/aromatic N) is 1. The normalized spacial score (nSPS) is 13.1. The molecule has 0 aliphatic heterocycles. The fourth-order valence-electron chi connectivity index (χ4n) is 3.21. The highest BCUT2D eigenvalue weighted by Crippen LogP contribution is 2.26. The summed E-state index contributed by atoms with van der Waals surface area (Å²) in [6.07, 6.45) is 1.03. The van der Waals surface area contributed by atoms with E-state index in [1.807, 2.05) is 13.8 Å². The molecule has 8 nitrogen and oxygen atoms in total. The minimum Gasteiger partial charge on any atom is -0.508 e. The first kappa shape index (κ1) is 26.3. The van der Waals surface area contributed by atoms with Crippen LogP contribution in [0.2, 0.25) is 0 Å². The minimum atomic E-state index is -0.892. The summed E-state index contributed by atoms with van der Waals surface area (Å²) in [5.41, 5.74) is 0.509. The van der Waals surface area contributed by atoms with Gasteiger partial charge in [-0.25, -0.2) is 4.79 Å². The Balaban J connectivity index is 3.12. The summed E-state index contributed by atoms with van der Waals surface area (Å²) >= 11 is 0. The summed E-state index contributed by atoms with van der Waals surface area (Å²) in [4.78, 5) is 39.5. The van der Waals surface area contributed by atoms with Crippen molar-refractivity contribution in [2.24, 2.45) is 0 Å². The van der Waals surface area contributed by atoms with E-state index in [0.717, 1.165) is 12.8 Å². The molecule has 0 bridgehead atoms. The van der Waals surface area contributed by atoms with Gasteiger partial charge in [-0.05, 0) is 71.2 Å². The van der Waals surface area contributed by atoms with E-state index in [1.165, 1.54) is 11.0 Å². The highest BCUT2D eigenvalue weighted by Gasteiger charge is 2.31. The summed E-state index contributed by atoms with van der Waals surface area (Å²) in [7, 11) is 0. The smallest absolute Gasteiger partial charge is 0.408 e. The van der Waals surface area contributed by atoms with Crippen LogP contribution in [-0.4, -0.2) is 52.6 Å². The van der Waals surface area contributed by atoms with Gasteiger partial charge in [-0.1, -0.05) is 19.4 Å². The van der Waals surface area contributed by atoms with Gasteiger partial charge < -0.3 is 25.4 Å². The molecule has 174 valence electrons. The number of carbonyl (C=O) groups is 3. The van der Waals surface area contributed by atoms with Crippen molar-refractivity contribution in [3.05, 3.63) is 29.3 Å².